The van der Waals surface area contributed by atoms with Crippen LogP contribution in [0.15, 0.2) is 0 Å². The van der Waals surface area contributed by atoms with Gasteiger partial charge in [-0.3, -0.25) is 4.90 Å². The van der Waals surface area contributed by atoms with Crippen molar-refractivity contribution in [1.82, 2.24) is 4.90 Å². The second-order valence-corrected chi connectivity index (χ2v) is 9.14. The number of piperidine rings is 1. The highest BCUT2D eigenvalue weighted by Gasteiger charge is 2.50. The molecule has 4 unspecified atom stereocenters. The van der Waals surface area contributed by atoms with Crippen molar-refractivity contribution in [2.24, 2.45) is 23.5 Å². The van der Waals surface area contributed by atoms with E-state index in [0.717, 1.165) is 30.6 Å². The van der Waals surface area contributed by atoms with Crippen LogP contribution >= 0.6 is 0 Å². The van der Waals surface area contributed by atoms with Gasteiger partial charge in [-0.05, 0) is 71.1 Å². The Kier molecular flexibility index (Phi) is 4.30. The topological polar surface area (TPSA) is 29.3 Å². The molecule has 118 valence electrons. The van der Waals surface area contributed by atoms with E-state index in [1.807, 2.05) is 0 Å². The van der Waals surface area contributed by atoms with Gasteiger partial charge in [0, 0.05) is 23.2 Å². The minimum Gasteiger partial charge on any atom is -0.328 e. The minimum atomic E-state index is 0.219. The zero-order valence-corrected chi connectivity index (χ0v) is 14.7. The molecule has 0 aromatic heterocycles. The SMILES string of the molecule is CC1CC(C)C(C)C(N2C(C)(C)CC(N)CC2(C)C)C1. The third-order valence-corrected chi connectivity index (χ3v) is 6.08. The Morgan fingerprint density at radius 1 is 0.900 bits per heavy atom. The molecule has 0 bridgehead atoms. The Labute approximate surface area is 126 Å². The van der Waals surface area contributed by atoms with Gasteiger partial charge in [0.25, 0.3) is 0 Å². The summed E-state index contributed by atoms with van der Waals surface area (Å²) in [5.41, 5.74) is 6.78. The molecule has 1 saturated carbocycles. The Hall–Kier alpha value is -0.0800. The molecular weight excluding hydrogens is 244 g/mol. The summed E-state index contributed by atoms with van der Waals surface area (Å²) in [5, 5.41) is 0. The first-order valence-corrected chi connectivity index (χ1v) is 8.59. The fourth-order valence-electron chi connectivity index (χ4n) is 5.56. The quantitative estimate of drug-likeness (QED) is 0.785. The van der Waals surface area contributed by atoms with Gasteiger partial charge in [-0.1, -0.05) is 20.8 Å². The van der Waals surface area contributed by atoms with E-state index in [0.29, 0.717) is 12.1 Å². The molecule has 1 heterocycles. The lowest BCUT2D eigenvalue weighted by molar-refractivity contribution is -0.104. The largest absolute Gasteiger partial charge is 0.328 e. The zero-order chi connectivity index (χ0) is 15.3. The van der Waals surface area contributed by atoms with Crippen molar-refractivity contribution in [3.8, 4) is 0 Å². The van der Waals surface area contributed by atoms with Crippen LogP contribution in [0.4, 0.5) is 0 Å². The fourth-order valence-corrected chi connectivity index (χ4v) is 5.56. The summed E-state index contributed by atoms with van der Waals surface area (Å²) < 4.78 is 0. The van der Waals surface area contributed by atoms with Crippen LogP contribution in [0.25, 0.3) is 0 Å². The smallest absolute Gasteiger partial charge is 0.0176 e. The molecule has 2 heteroatoms. The van der Waals surface area contributed by atoms with Gasteiger partial charge < -0.3 is 5.73 Å². The standard InChI is InChI=1S/C18H36N2/c1-12-8-13(2)14(3)16(9-12)20-17(4,5)10-15(19)11-18(20,6)7/h12-16H,8-11,19H2,1-7H3. The molecule has 0 amide bonds. The molecule has 4 atom stereocenters. The van der Waals surface area contributed by atoms with Gasteiger partial charge in [0.1, 0.15) is 0 Å². The van der Waals surface area contributed by atoms with Crippen LogP contribution in [-0.4, -0.2) is 28.1 Å². The Balaban J connectivity index is 2.32. The van der Waals surface area contributed by atoms with Crippen LogP contribution in [0.3, 0.4) is 0 Å². The molecule has 2 N–H and O–H groups in total. The first-order chi connectivity index (χ1) is 9.04. The molecule has 2 aliphatic rings. The number of hydrogen-bond acceptors (Lipinski definition) is 2. The third-order valence-electron chi connectivity index (χ3n) is 6.08. The number of nitrogens with zero attached hydrogens (tertiary/aromatic N) is 1. The molecule has 1 aliphatic heterocycles. The summed E-state index contributed by atoms with van der Waals surface area (Å²) in [5.74, 6) is 2.48. The summed E-state index contributed by atoms with van der Waals surface area (Å²) in [4.78, 5) is 2.85. The van der Waals surface area contributed by atoms with Gasteiger partial charge in [-0.25, -0.2) is 0 Å². The highest BCUT2D eigenvalue weighted by atomic mass is 15.3. The molecule has 2 rings (SSSR count). The highest BCUT2D eigenvalue weighted by Crippen LogP contribution is 2.46. The van der Waals surface area contributed by atoms with Crippen LogP contribution < -0.4 is 5.73 Å². The van der Waals surface area contributed by atoms with E-state index in [-0.39, 0.29) is 11.1 Å². The molecule has 1 saturated heterocycles. The molecule has 0 aromatic rings. The molecule has 2 fully saturated rings. The van der Waals surface area contributed by atoms with Crippen molar-refractivity contribution >= 4 is 0 Å². The second-order valence-electron chi connectivity index (χ2n) is 9.14. The third kappa shape index (κ3) is 2.92. The van der Waals surface area contributed by atoms with E-state index in [1.165, 1.54) is 12.8 Å². The van der Waals surface area contributed by atoms with Crippen LogP contribution in [0.5, 0.6) is 0 Å². The van der Waals surface area contributed by atoms with Crippen molar-refractivity contribution in [1.29, 1.82) is 0 Å². The molecule has 2 nitrogen and oxygen atoms in total. The molecule has 0 spiro atoms. The van der Waals surface area contributed by atoms with Gasteiger partial charge in [0.05, 0.1) is 0 Å². The van der Waals surface area contributed by atoms with Crippen molar-refractivity contribution in [2.45, 2.75) is 97.3 Å². The lowest BCUT2D eigenvalue weighted by atomic mass is 9.68. The first kappa shape index (κ1) is 16.3. The maximum atomic E-state index is 6.34. The van der Waals surface area contributed by atoms with Gasteiger partial charge >= 0.3 is 0 Å². The molecular formula is C18H36N2. The first-order valence-electron chi connectivity index (χ1n) is 8.59. The van der Waals surface area contributed by atoms with Gasteiger partial charge in [-0.15, -0.1) is 0 Å². The molecule has 0 aromatic carbocycles. The number of likely N-dealkylation sites (tertiary alicyclic amines) is 1. The summed E-state index contributed by atoms with van der Waals surface area (Å²) in [7, 11) is 0. The Morgan fingerprint density at radius 3 is 1.90 bits per heavy atom. The Bertz CT molecular complexity index is 329. The number of hydrogen-bond donors (Lipinski definition) is 1. The van der Waals surface area contributed by atoms with Crippen molar-refractivity contribution in [3.63, 3.8) is 0 Å². The lowest BCUT2D eigenvalue weighted by Crippen LogP contribution is -2.68. The van der Waals surface area contributed by atoms with Crippen molar-refractivity contribution in [2.75, 3.05) is 0 Å². The van der Waals surface area contributed by atoms with Gasteiger partial charge in [0.15, 0.2) is 0 Å². The van der Waals surface area contributed by atoms with Crippen molar-refractivity contribution in [3.05, 3.63) is 0 Å². The predicted octanol–water partition coefficient (Wildman–Crippen LogP) is 4.04. The van der Waals surface area contributed by atoms with E-state index < -0.39 is 0 Å². The minimum absolute atomic E-state index is 0.219. The fraction of sp³-hybridized carbons (Fsp3) is 1.00. The van der Waals surface area contributed by atoms with E-state index in [1.54, 1.807) is 0 Å². The maximum Gasteiger partial charge on any atom is 0.0176 e. The van der Waals surface area contributed by atoms with E-state index in [9.17, 15) is 0 Å². The van der Waals surface area contributed by atoms with Crippen LogP contribution in [0, 0.1) is 17.8 Å². The number of rotatable bonds is 1. The van der Waals surface area contributed by atoms with Gasteiger partial charge in [-0.2, -0.15) is 0 Å². The predicted molar refractivity (Wildman–Crippen MR) is 87.7 cm³/mol. The monoisotopic (exact) mass is 280 g/mol. The molecule has 20 heavy (non-hydrogen) atoms. The number of nitrogens with two attached hydrogens (primary N) is 1. The van der Waals surface area contributed by atoms with E-state index in [2.05, 4.69) is 53.4 Å². The van der Waals surface area contributed by atoms with Crippen molar-refractivity contribution < 1.29 is 0 Å². The average molecular weight is 280 g/mol. The average Bonchev–Trinajstić information content (AvgIpc) is 2.20. The summed E-state index contributed by atoms with van der Waals surface area (Å²) >= 11 is 0. The maximum absolute atomic E-state index is 6.34. The van der Waals surface area contributed by atoms with Gasteiger partial charge in [0.2, 0.25) is 0 Å². The Morgan fingerprint density at radius 2 is 1.40 bits per heavy atom. The highest BCUT2D eigenvalue weighted by molar-refractivity contribution is 5.06. The zero-order valence-electron chi connectivity index (χ0n) is 14.7. The van der Waals surface area contributed by atoms with Crippen LogP contribution in [0.1, 0.15) is 74.1 Å². The summed E-state index contributed by atoms with van der Waals surface area (Å²) in [6, 6.07) is 1.07. The van der Waals surface area contributed by atoms with E-state index in [4.69, 9.17) is 5.73 Å². The summed E-state index contributed by atoms with van der Waals surface area (Å²) in [6.45, 7) is 17.0. The van der Waals surface area contributed by atoms with Crippen LogP contribution in [0.2, 0.25) is 0 Å². The molecule has 0 radical (unpaired) electrons. The summed E-state index contributed by atoms with van der Waals surface area (Å²) in [6.07, 6.45) is 5.00. The normalized spacial score (nSPS) is 42.6. The second kappa shape index (κ2) is 5.28. The molecule has 1 aliphatic carbocycles. The van der Waals surface area contributed by atoms with E-state index >= 15 is 0 Å². The lowest BCUT2D eigenvalue weighted by Gasteiger charge is -2.61. The van der Waals surface area contributed by atoms with Crippen LogP contribution in [-0.2, 0) is 0 Å².